The second kappa shape index (κ2) is 8.94. The number of carbonyl (C=O) groups excluding carboxylic acids is 1. The summed E-state index contributed by atoms with van der Waals surface area (Å²) in [6.07, 6.45) is 1.75. The topological polar surface area (TPSA) is 80.5 Å². The molecule has 3 aromatic carbocycles. The molecule has 6 nitrogen and oxygen atoms in total. The lowest BCUT2D eigenvalue weighted by Crippen LogP contribution is -2.16. The molecule has 1 N–H and O–H groups in total. The number of sulfonamides is 1. The van der Waals surface area contributed by atoms with E-state index in [-0.39, 0.29) is 10.5 Å². The number of nitrogens with one attached hydrogen (secondary N) is 1. The van der Waals surface area contributed by atoms with Crippen molar-refractivity contribution in [3.05, 3.63) is 101 Å². The van der Waals surface area contributed by atoms with E-state index < -0.39 is 15.9 Å². The molecule has 0 spiro atoms. The van der Waals surface area contributed by atoms with Gasteiger partial charge in [0, 0.05) is 17.8 Å². The Morgan fingerprint density at radius 1 is 1.09 bits per heavy atom. The van der Waals surface area contributed by atoms with Gasteiger partial charge in [0.05, 0.1) is 15.1 Å². The molecule has 0 bridgehead atoms. The van der Waals surface area contributed by atoms with E-state index in [0.29, 0.717) is 17.0 Å². The number of thiazole rings is 1. The van der Waals surface area contributed by atoms with Gasteiger partial charge in [0.1, 0.15) is 0 Å². The molecule has 0 saturated carbocycles. The van der Waals surface area contributed by atoms with Gasteiger partial charge in [-0.05, 0) is 49.4 Å². The number of hydrogen-bond donors (Lipinski definition) is 1. The maximum absolute atomic E-state index is 12.9. The fourth-order valence-corrected chi connectivity index (χ4v) is 5.30. The normalized spacial score (nSPS) is 12.1. The highest BCUT2D eigenvalue weighted by Crippen LogP contribution is 2.19. The molecule has 1 heterocycles. The van der Waals surface area contributed by atoms with Crippen LogP contribution in [-0.4, -0.2) is 18.9 Å². The summed E-state index contributed by atoms with van der Waals surface area (Å²) in [7, 11) is -3.77. The van der Waals surface area contributed by atoms with E-state index in [9.17, 15) is 13.2 Å². The molecule has 0 aliphatic heterocycles. The van der Waals surface area contributed by atoms with Crippen molar-refractivity contribution in [2.24, 2.45) is 4.99 Å². The number of amides is 1. The van der Waals surface area contributed by atoms with Crippen molar-refractivity contribution >= 4 is 43.2 Å². The molecule has 1 aromatic heterocycles. The van der Waals surface area contributed by atoms with Crippen LogP contribution in [0, 0.1) is 6.92 Å². The molecule has 4 aromatic rings. The Morgan fingerprint density at radius 2 is 1.84 bits per heavy atom. The number of hydrogen-bond acceptors (Lipinski definition) is 4. The zero-order valence-electron chi connectivity index (χ0n) is 17.4. The van der Waals surface area contributed by atoms with Gasteiger partial charge in [-0.15, -0.1) is 6.58 Å². The summed E-state index contributed by atoms with van der Waals surface area (Å²) in [4.78, 5) is 17.9. The highest BCUT2D eigenvalue weighted by molar-refractivity contribution is 7.92. The van der Waals surface area contributed by atoms with Gasteiger partial charge in [-0.25, -0.2) is 8.42 Å². The highest BCUT2D eigenvalue weighted by atomic mass is 32.2. The van der Waals surface area contributed by atoms with Gasteiger partial charge in [-0.3, -0.25) is 9.52 Å². The molecule has 0 fully saturated rings. The van der Waals surface area contributed by atoms with Crippen LogP contribution in [0.15, 0.2) is 95.3 Å². The number of aromatic nitrogens is 1. The predicted molar refractivity (Wildman–Crippen MR) is 128 cm³/mol. The van der Waals surface area contributed by atoms with E-state index in [4.69, 9.17) is 0 Å². The van der Waals surface area contributed by atoms with Crippen molar-refractivity contribution in [3.8, 4) is 0 Å². The molecular weight excluding hydrogens is 442 g/mol. The quantitative estimate of drug-likeness (QED) is 0.420. The number of benzene rings is 3. The summed E-state index contributed by atoms with van der Waals surface area (Å²) >= 11 is 1.42. The largest absolute Gasteiger partial charge is 0.312 e. The number of para-hydroxylation sites is 1. The minimum Gasteiger partial charge on any atom is -0.312 e. The molecule has 0 saturated heterocycles. The average Bonchev–Trinajstić information content (AvgIpc) is 3.11. The SMILES string of the molecule is C=CCn1c(=NC(=O)c2cccc(NS(=O)(=O)c3ccc(C)cc3)c2)sc2ccccc21. The molecule has 0 atom stereocenters. The minimum absolute atomic E-state index is 0.153. The first-order valence-electron chi connectivity index (χ1n) is 9.85. The lowest BCUT2D eigenvalue weighted by molar-refractivity contribution is 0.0998. The van der Waals surface area contributed by atoms with Crippen LogP contribution in [0.2, 0.25) is 0 Å². The Balaban J connectivity index is 1.66. The van der Waals surface area contributed by atoms with Gasteiger partial charge in [-0.2, -0.15) is 4.99 Å². The third kappa shape index (κ3) is 4.56. The molecule has 162 valence electrons. The molecule has 8 heteroatoms. The number of nitrogens with zero attached hydrogens (tertiary/aromatic N) is 2. The van der Waals surface area contributed by atoms with Gasteiger partial charge < -0.3 is 4.57 Å². The van der Waals surface area contributed by atoms with Crippen LogP contribution in [0.5, 0.6) is 0 Å². The standard InChI is InChI=1S/C24H21N3O3S2/c1-3-15-27-21-9-4-5-10-22(21)31-24(27)25-23(28)18-7-6-8-19(16-18)26-32(29,30)20-13-11-17(2)12-14-20/h3-14,16,26H,1,15H2,2H3. The monoisotopic (exact) mass is 463 g/mol. The summed E-state index contributed by atoms with van der Waals surface area (Å²) in [6, 6.07) is 20.7. The van der Waals surface area contributed by atoms with Crippen LogP contribution in [0.4, 0.5) is 5.69 Å². The zero-order chi connectivity index (χ0) is 22.7. The molecular formula is C24H21N3O3S2. The van der Waals surface area contributed by atoms with Crippen LogP contribution in [0.1, 0.15) is 15.9 Å². The third-order valence-electron chi connectivity index (χ3n) is 4.79. The lowest BCUT2D eigenvalue weighted by atomic mass is 10.2. The zero-order valence-corrected chi connectivity index (χ0v) is 19.0. The highest BCUT2D eigenvalue weighted by Gasteiger charge is 2.15. The van der Waals surface area contributed by atoms with Gasteiger partial charge >= 0.3 is 0 Å². The maximum Gasteiger partial charge on any atom is 0.279 e. The Hall–Kier alpha value is -3.49. The van der Waals surface area contributed by atoms with E-state index in [1.54, 1.807) is 48.5 Å². The fourth-order valence-electron chi connectivity index (χ4n) is 3.21. The Labute approximate surface area is 190 Å². The number of aryl methyl sites for hydroxylation is 1. The van der Waals surface area contributed by atoms with Gasteiger partial charge in [0.25, 0.3) is 15.9 Å². The van der Waals surface area contributed by atoms with Crippen LogP contribution < -0.4 is 9.52 Å². The first-order chi connectivity index (χ1) is 15.4. The van der Waals surface area contributed by atoms with Crippen LogP contribution in [-0.2, 0) is 16.6 Å². The molecule has 0 unspecified atom stereocenters. The van der Waals surface area contributed by atoms with E-state index in [1.807, 2.05) is 35.8 Å². The summed E-state index contributed by atoms with van der Waals surface area (Å²) in [5.74, 6) is -0.453. The third-order valence-corrected chi connectivity index (χ3v) is 7.25. The number of anilines is 1. The van der Waals surface area contributed by atoms with Crippen LogP contribution in [0.25, 0.3) is 10.2 Å². The van der Waals surface area contributed by atoms with Gasteiger partial charge in [0.15, 0.2) is 4.80 Å². The molecule has 32 heavy (non-hydrogen) atoms. The molecule has 0 radical (unpaired) electrons. The van der Waals surface area contributed by atoms with Gasteiger partial charge in [-0.1, -0.05) is 53.3 Å². The molecule has 0 aliphatic rings. The van der Waals surface area contributed by atoms with E-state index in [2.05, 4.69) is 16.3 Å². The number of rotatable bonds is 6. The average molecular weight is 464 g/mol. The lowest BCUT2D eigenvalue weighted by Gasteiger charge is -2.09. The number of fused-ring (bicyclic) bond motifs is 1. The minimum atomic E-state index is -3.77. The fraction of sp³-hybridized carbons (Fsp3) is 0.0833. The first-order valence-corrected chi connectivity index (χ1v) is 12.2. The van der Waals surface area contributed by atoms with Crippen molar-refractivity contribution in [1.29, 1.82) is 0 Å². The maximum atomic E-state index is 12.9. The first kappa shape index (κ1) is 21.7. The molecule has 1 amide bonds. The summed E-state index contributed by atoms with van der Waals surface area (Å²) in [6.45, 7) is 6.20. The van der Waals surface area contributed by atoms with Gasteiger partial charge in [0.2, 0.25) is 0 Å². The Morgan fingerprint density at radius 3 is 2.59 bits per heavy atom. The second-order valence-corrected chi connectivity index (χ2v) is 9.86. The number of allylic oxidation sites excluding steroid dienone is 1. The van der Waals surface area contributed by atoms with Crippen LogP contribution >= 0.6 is 11.3 Å². The van der Waals surface area contributed by atoms with Crippen LogP contribution in [0.3, 0.4) is 0 Å². The van der Waals surface area contributed by atoms with E-state index in [1.165, 1.54) is 17.4 Å². The predicted octanol–water partition coefficient (Wildman–Crippen LogP) is 4.74. The van der Waals surface area contributed by atoms with Crippen molar-refractivity contribution in [3.63, 3.8) is 0 Å². The van der Waals surface area contributed by atoms with E-state index >= 15 is 0 Å². The van der Waals surface area contributed by atoms with Crippen molar-refractivity contribution in [2.45, 2.75) is 18.4 Å². The van der Waals surface area contributed by atoms with Crippen molar-refractivity contribution in [2.75, 3.05) is 4.72 Å². The summed E-state index contributed by atoms with van der Waals surface area (Å²) in [5, 5.41) is 0. The van der Waals surface area contributed by atoms with Crippen molar-refractivity contribution < 1.29 is 13.2 Å². The Kier molecular flexibility index (Phi) is 6.07. The molecule has 0 aliphatic carbocycles. The Bertz CT molecular complexity index is 1480. The van der Waals surface area contributed by atoms with Crippen molar-refractivity contribution in [1.82, 2.24) is 4.57 Å². The smallest absolute Gasteiger partial charge is 0.279 e. The number of carbonyl (C=O) groups is 1. The molecule has 4 rings (SSSR count). The van der Waals surface area contributed by atoms with E-state index in [0.717, 1.165) is 15.8 Å². The summed E-state index contributed by atoms with van der Waals surface area (Å²) in [5.41, 5.74) is 2.52. The second-order valence-electron chi connectivity index (χ2n) is 7.17. The summed E-state index contributed by atoms with van der Waals surface area (Å²) < 4.78 is 30.8.